The van der Waals surface area contributed by atoms with E-state index in [0.717, 1.165) is 5.56 Å². The first-order valence-electron chi connectivity index (χ1n) is 6.15. The largest absolute Gasteiger partial charge is 0.303 e. The van der Waals surface area contributed by atoms with Gasteiger partial charge in [-0.25, -0.2) is 14.4 Å². The van der Waals surface area contributed by atoms with Crippen LogP contribution in [0.5, 0.6) is 0 Å². The van der Waals surface area contributed by atoms with E-state index < -0.39 is 0 Å². The zero-order valence-electron chi connectivity index (χ0n) is 10.8. The number of nitrogens with zero attached hydrogens (tertiary/aromatic N) is 4. The topological polar surface area (TPSA) is 54.0 Å². The van der Waals surface area contributed by atoms with E-state index in [0.29, 0.717) is 29.0 Å². The van der Waals surface area contributed by atoms with Crippen LogP contribution in [-0.2, 0) is 6.42 Å². The summed E-state index contributed by atoms with van der Waals surface area (Å²) in [5.74, 6) is -0.238. The first-order chi connectivity index (χ1) is 9.67. The predicted molar refractivity (Wildman–Crippen MR) is 71.6 cm³/mol. The molecule has 1 aromatic carbocycles. The van der Waals surface area contributed by atoms with Crippen LogP contribution in [0.2, 0.25) is 0 Å². The molecule has 0 aliphatic heterocycles. The van der Waals surface area contributed by atoms with Gasteiger partial charge in [-0.2, -0.15) is 5.26 Å². The maximum atomic E-state index is 13.6. The van der Waals surface area contributed by atoms with Gasteiger partial charge >= 0.3 is 0 Å². The van der Waals surface area contributed by atoms with E-state index in [-0.39, 0.29) is 5.82 Å². The van der Waals surface area contributed by atoms with Gasteiger partial charge in [0, 0.05) is 25.0 Å². The summed E-state index contributed by atoms with van der Waals surface area (Å²) in [4.78, 5) is 8.50. The summed E-state index contributed by atoms with van der Waals surface area (Å²) >= 11 is 0. The van der Waals surface area contributed by atoms with Gasteiger partial charge < -0.3 is 4.40 Å². The number of benzene rings is 1. The van der Waals surface area contributed by atoms with Crippen molar-refractivity contribution in [3.05, 3.63) is 65.1 Å². The Bertz CT molecular complexity index is 829. The van der Waals surface area contributed by atoms with Gasteiger partial charge in [0.25, 0.3) is 0 Å². The lowest BCUT2D eigenvalue weighted by atomic mass is 10.1. The summed E-state index contributed by atoms with van der Waals surface area (Å²) in [6.07, 6.45) is 5.48. The number of hydrogen-bond acceptors (Lipinski definition) is 3. The fourth-order valence-electron chi connectivity index (χ4n) is 2.11. The molecule has 20 heavy (non-hydrogen) atoms. The smallest absolute Gasteiger partial charge is 0.158 e. The molecular weight excluding hydrogens is 255 g/mol. The van der Waals surface area contributed by atoms with E-state index in [1.54, 1.807) is 36.0 Å². The molecule has 98 valence electrons. The van der Waals surface area contributed by atoms with E-state index in [1.807, 2.05) is 12.1 Å². The zero-order valence-corrected chi connectivity index (χ0v) is 10.8. The molecule has 0 saturated heterocycles. The van der Waals surface area contributed by atoms with E-state index in [1.165, 1.54) is 6.07 Å². The Morgan fingerprint density at radius 1 is 1.40 bits per heavy atom. The average molecular weight is 266 g/mol. The molecule has 0 spiro atoms. The Kier molecular flexibility index (Phi) is 2.92. The first-order valence-corrected chi connectivity index (χ1v) is 6.15. The van der Waals surface area contributed by atoms with E-state index in [2.05, 4.69) is 9.97 Å². The van der Waals surface area contributed by atoms with Crippen LogP contribution in [0.4, 0.5) is 4.39 Å². The maximum absolute atomic E-state index is 13.6. The van der Waals surface area contributed by atoms with Crippen molar-refractivity contribution in [2.75, 3.05) is 0 Å². The van der Waals surface area contributed by atoms with Crippen LogP contribution in [0.15, 0.2) is 36.8 Å². The van der Waals surface area contributed by atoms with Crippen LogP contribution in [-0.4, -0.2) is 14.4 Å². The Hall–Kier alpha value is -2.74. The van der Waals surface area contributed by atoms with Crippen molar-refractivity contribution in [3.63, 3.8) is 0 Å². The van der Waals surface area contributed by atoms with Crippen molar-refractivity contribution >= 4 is 5.65 Å². The van der Waals surface area contributed by atoms with Gasteiger partial charge in [0.05, 0.1) is 5.69 Å². The molecule has 0 amide bonds. The first kappa shape index (κ1) is 12.3. The molecule has 0 N–H and O–H groups in total. The number of aromatic nitrogens is 3. The highest BCUT2D eigenvalue weighted by Crippen LogP contribution is 2.16. The van der Waals surface area contributed by atoms with Crippen LogP contribution in [0, 0.1) is 24.1 Å². The second kappa shape index (κ2) is 4.74. The molecule has 4 nitrogen and oxygen atoms in total. The van der Waals surface area contributed by atoms with Crippen LogP contribution in [0.25, 0.3) is 5.65 Å². The minimum atomic E-state index is -0.238. The highest BCUT2D eigenvalue weighted by Gasteiger charge is 2.09. The quantitative estimate of drug-likeness (QED) is 0.716. The van der Waals surface area contributed by atoms with E-state index in [9.17, 15) is 4.39 Å². The second-order valence-electron chi connectivity index (χ2n) is 4.60. The summed E-state index contributed by atoms with van der Waals surface area (Å²) in [6.45, 7) is 1.72. The lowest BCUT2D eigenvalue weighted by Crippen LogP contribution is -2.01. The third-order valence-corrected chi connectivity index (χ3v) is 3.17. The number of fused-ring (bicyclic) bond motifs is 1. The van der Waals surface area contributed by atoms with Crippen LogP contribution in [0.3, 0.4) is 0 Å². The number of halogens is 1. The van der Waals surface area contributed by atoms with Crippen molar-refractivity contribution in [3.8, 4) is 6.07 Å². The molecule has 3 rings (SSSR count). The van der Waals surface area contributed by atoms with E-state index >= 15 is 0 Å². The molecule has 0 aliphatic rings. The molecule has 0 fully saturated rings. The average Bonchev–Trinajstić information content (AvgIpc) is 2.91. The number of imidazole rings is 1. The van der Waals surface area contributed by atoms with Crippen LogP contribution < -0.4 is 0 Å². The Labute approximate surface area is 115 Å². The highest BCUT2D eigenvalue weighted by molar-refractivity contribution is 5.47. The summed E-state index contributed by atoms with van der Waals surface area (Å²) in [6, 6.07) is 7.11. The van der Waals surface area contributed by atoms with Crippen molar-refractivity contribution in [2.45, 2.75) is 13.3 Å². The fraction of sp³-hybridized carbons (Fsp3) is 0.133. The van der Waals surface area contributed by atoms with Crippen molar-refractivity contribution in [1.82, 2.24) is 14.4 Å². The van der Waals surface area contributed by atoms with Gasteiger partial charge in [-0.3, -0.25) is 0 Å². The number of aryl methyl sites for hydroxylation is 1. The van der Waals surface area contributed by atoms with Crippen LogP contribution >= 0.6 is 0 Å². The summed E-state index contributed by atoms with van der Waals surface area (Å²) < 4.78 is 15.3. The van der Waals surface area contributed by atoms with Gasteiger partial charge in [-0.05, 0) is 24.1 Å². The van der Waals surface area contributed by atoms with Gasteiger partial charge in [-0.15, -0.1) is 0 Å². The molecule has 0 unspecified atom stereocenters. The third kappa shape index (κ3) is 2.12. The lowest BCUT2D eigenvalue weighted by molar-refractivity contribution is 0.616. The molecule has 0 bridgehead atoms. The second-order valence-corrected chi connectivity index (χ2v) is 4.60. The van der Waals surface area contributed by atoms with Crippen molar-refractivity contribution < 1.29 is 4.39 Å². The summed E-state index contributed by atoms with van der Waals surface area (Å²) in [5.41, 5.74) is 3.08. The maximum Gasteiger partial charge on any atom is 0.158 e. The third-order valence-electron chi connectivity index (χ3n) is 3.17. The number of nitriles is 1. The minimum absolute atomic E-state index is 0.238. The molecule has 0 atom stereocenters. The molecule has 0 saturated carbocycles. The molecule has 3 aromatic rings. The van der Waals surface area contributed by atoms with Gasteiger partial charge in [-0.1, -0.05) is 12.1 Å². The fourth-order valence-corrected chi connectivity index (χ4v) is 2.11. The minimum Gasteiger partial charge on any atom is -0.303 e. The Morgan fingerprint density at radius 2 is 2.25 bits per heavy atom. The molecule has 2 heterocycles. The van der Waals surface area contributed by atoms with Gasteiger partial charge in [0.2, 0.25) is 0 Å². The predicted octanol–water partition coefficient (Wildman–Crippen LogP) is 2.64. The molecular formula is C15H11FN4. The van der Waals surface area contributed by atoms with Crippen molar-refractivity contribution in [2.24, 2.45) is 0 Å². The Balaban J connectivity index is 2.07. The monoisotopic (exact) mass is 266 g/mol. The van der Waals surface area contributed by atoms with E-state index in [4.69, 9.17) is 5.26 Å². The SMILES string of the molecule is Cc1ccc(Cc2nc(C#N)cn3ccnc23)cc1F. The van der Waals surface area contributed by atoms with Gasteiger partial charge in [0.1, 0.15) is 11.9 Å². The summed E-state index contributed by atoms with van der Waals surface area (Å²) in [7, 11) is 0. The van der Waals surface area contributed by atoms with Crippen LogP contribution in [0.1, 0.15) is 22.5 Å². The van der Waals surface area contributed by atoms with Crippen molar-refractivity contribution in [1.29, 1.82) is 5.26 Å². The molecule has 0 aliphatic carbocycles. The highest BCUT2D eigenvalue weighted by atomic mass is 19.1. The zero-order chi connectivity index (χ0) is 14.1. The standard InChI is InChI=1S/C15H11FN4/c1-10-2-3-11(6-13(10)16)7-14-15-18-4-5-20(15)9-12(8-17)19-14/h2-6,9H,7H2,1H3. The number of rotatable bonds is 2. The Morgan fingerprint density at radius 3 is 3.00 bits per heavy atom. The number of hydrogen-bond donors (Lipinski definition) is 0. The van der Waals surface area contributed by atoms with Gasteiger partial charge in [0.15, 0.2) is 11.3 Å². The summed E-state index contributed by atoms with van der Waals surface area (Å²) in [5, 5.41) is 9.00. The normalized spacial score (nSPS) is 10.7. The molecule has 5 heteroatoms. The molecule has 0 radical (unpaired) electrons. The molecule has 2 aromatic heterocycles. The lowest BCUT2D eigenvalue weighted by Gasteiger charge is -2.05.